The van der Waals surface area contributed by atoms with Crippen LogP contribution < -0.4 is 4.90 Å². The molecule has 152 valence electrons. The molecular weight excluding hydrogens is 383 g/mol. The maximum absolute atomic E-state index is 13.6. The highest BCUT2D eigenvalue weighted by atomic mass is 19.1. The smallest absolute Gasteiger partial charge is 0.234 e. The SMILES string of the molecule is O=C([C@@H]1[C@@H]2C=C[C@@]3(CN(c4ccc(F)cc4)C(=O)[C@@H]13)O2)N1CCc2ccccc2C1. The van der Waals surface area contributed by atoms with Crippen LogP contribution in [0.3, 0.4) is 0 Å². The van der Waals surface area contributed by atoms with Crippen molar-refractivity contribution >= 4 is 17.5 Å². The van der Waals surface area contributed by atoms with Gasteiger partial charge in [0.2, 0.25) is 11.8 Å². The summed E-state index contributed by atoms with van der Waals surface area (Å²) in [5.74, 6) is -1.54. The van der Waals surface area contributed by atoms with E-state index in [1.165, 1.54) is 17.7 Å². The van der Waals surface area contributed by atoms with Crippen molar-refractivity contribution in [3.63, 3.8) is 0 Å². The van der Waals surface area contributed by atoms with Crippen LogP contribution in [0.5, 0.6) is 0 Å². The number of amides is 2. The van der Waals surface area contributed by atoms with Gasteiger partial charge in [0.15, 0.2) is 0 Å². The molecule has 4 aliphatic heterocycles. The molecule has 2 saturated heterocycles. The summed E-state index contributed by atoms with van der Waals surface area (Å²) < 4.78 is 19.6. The van der Waals surface area contributed by atoms with Crippen LogP contribution in [-0.4, -0.2) is 41.5 Å². The largest absolute Gasteiger partial charge is 0.360 e. The second kappa shape index (κ2) is 6.25. The maximum Gasteiger partial charge on any atom is 0.234 e. The average Bonchev–Trinajstić information content (AvgIpc) is 3.42. The summed E-state index contributed by atoms with van der Waals surface area (Å²) in [6, 6.07) is 14.1. The molecule has 2 amide bonds. The first kappa shape index (κ1) is 17.8. The third-order valence-corrected chi connectivity index (χ3v) is 6.97. The number of rotatable bonds is 2. The average molecular weight is 404 g/mol. The molecule has 6 rings (SSSR count). The lowest BCUT2D eigenvalue weighted by atomic mass is 9.76. The second-order valence-electron chi connectivity index (χ2n) is 8.58. The van der Waals surface area contributed by atoms with Gasteiger partial charge in [0.05, 0.1) is 24.5 Å². The van der Waals surface area contributed by atoms with Gasteiger partial charge in [-0.1, -0.05) is 36.4 Å². The molecule has 4 atom stereocenters. The van der Waals surface area contributed by atoms with E-state index in [0.717, 1.165) is 12.0 Å². The number of anilines is 1. The molecule has 6 heteroatoms. The fourth-order valence-corrected chi connectivity index (χ4v) is 5.51. The van der Waals surface area contributed by atoms with E-state index in [1.807, 2.05) is 29.2 Å². The monoisotopic (exact) mass is 404 g/mol. The van der Waals surface area contributed by atoms with Crippen LogP contribution in [0.2, 0.25) is 0 Å². The molecule has 4 heterocycles. The van der Waals surface area contributed by atoms with Crippen LogP contribution in [-0.2, 0) is 27.3 Å². The molecular formula is C24H21FN2O3. The summed E-state index contributed by atoms with van der Waals surface area (Å²) in [5, 5.41) is 0. The molecule has 2 aromatic carbocycles. The van der Waals surface area contributed by atoms with Crippen molar-refractivity contribution in [2.45, 2.75) is 24.7 Å². The number of hydrogen-bond donors (Lipinski definition) is 0. The van der Waals surface area contributed by atoms with E-state index in [4.69, 9.17) is 4.74 Å². The first-order chi connectivity index (χ1) is 14.6. The van der Waals surface area contributed by atoms with Crippen molar-refractivity contribution in [2.24, 2.45) is 11.8 Å². The number of nitrogens with zero attached hydrogens (tertiary/aromatic N) is 2. The van der Waals surface area contributed by atoms with Crippen LogP contribution in [0.15, 0.2) is 60.7 Å². The Morgan fingerprint density at radius 2 is 1.87 bits per heavy atom. The first-order valence-electron chi connectivity index (χ1n) is 10.4. The van der Waals surface area contributed by atoms with Crippen molar-refractivity contribution in [2.75, 3.05) is 18.0 Å². The third kappa shape index (κ3) is 2.43. The number of halogens is 1. The maximum atomic E-state index is 13.6. The first-order valence-corrected chi connectivity index (χ1v) is 10.4. The van der Waals surface area contributed by atoms with Crippen LogP contribution >= 0.6 is 0 Å². The fourth-order valence-electron chi connectivity index (χ4n) is 5.51. The van der Waals surface area contributed by atoms with Gasteiger partial charge in [-0.15, -0.1) is 0 Å². The zero-order valence-corrected chi connectivity index (χ0v) is 16.3. The highest BCUT2D eigenvalue weighted by Gasteiger charge is 2.67. The van der Waals surface area contributed by atoms with Crippen LogP contribution in [0.25, 0.3) is 0 Å². The van der Waals surface area contributed by atoms with Crippen molar-refractivity contribution < 1.29 is 18.7 Å². The van der Waals surface area contributed by atoms with E-state index in [-0.39, 0.29) is 23.7 Å². The molecule has 0 aromatic heterocycles. The summed E-state index contributed by atoms with van der Waals surface area (Å²) in [5.41, 5.74) is 2.30. The molecule has 4 aliphatic rings. The minimum atomic E-state index is -0.774. The molecule has 2 fully saturated rings. The van der Waals surface area contributed by atoms with Gasteiger partial charge in [-0.05, 0) is 41.8 Å². The highest BCUT2D eigenvalue weighted by molar-refractivity contribution is 6.03. The van der Waals surface area contributed by atoms with Gasteiger partial charge in [-0.2, -0.15) is 0 Å². The van der Waals surface area contributed by atoms with E-state index in [9.17, 15) is 14.0 Å². The predicted molar refractivity (Wildman–Crippen MR) is 108 cm³/mol. The third-order valence-electron chi connectivity index (χ3n) is 6.97. The zero-order chi connectivity index (χ0) is 20.5. The summed E-state index contributed by atoms with van der Waals surface area (Å²) in [4.78, 5) is 30.5. The van der Waals surface area contributed by atoms with E-state index in [0.29, 0.717) is 25.3 Å². The Bertz CT molecular complexity index is 1080. The number of benzene rings is 2. The number of carbonyl (C=O) groups is 2. The minimum Gasteiger partial charge on any atom is -0.360 e. The number of hydrogen-bond acceptors (Lipinski definition) is 3. The summed E-state index contributed by atoms with van der Waals surface area (Å²) in [6.07, 6.45) is 4.33. The lowest BCUT2D eigenvalue weighted by Gasteiger charge is -2.33. The molecule has 0 unspecified atom stereocenters. The Morgan fingerprint density at radius 3 is 2.67 bits per heavy atom. The molecule has 1 spiro atoms. The molecule has 30 heavy (non-hydrogen) atoms. The van der Waals surface area contributed by atoms with Crippen molar-refractivity contribution in [1.82, 2.24) is 4.90 Å². The van der Waals surface area contributed by atoms with E-state index in [2.05, 4.69) is 12.1 Å². The Balaban J connectivity index is 1.30. The normalized spacial score (nSPS) is 31.2. The topological polar surface area (TPSA) is 49.9 Å². The van der Waals surface area contributed by atoms with Crippen LogP contribution in [0, 0.1) is 17.7 Å². The van der Waals surface area contributed by atoms with Gasteiger partial charge in [-0.3, -0.25) is 9.59 Å². The van der Waals surface area contributed by atoms with Crippen molar-refractivity contribution in [3.8, 4) is 0 Å². The molecule has 0 N–H and O–H groups in total. The highest BCUT2D eigenvalue weighted by Crippen LogP contribution is 2.53. The summed E-state index contributed by atoms with van der Waals surface area (Å²) in [7, 11) is 0. The van der Waals surface area contributed by atoms with Gasteiger partial charge in [0.1, 0.15) is 11.4 Å². The van der Waals surface area contributed by atoms with Crippen LogP contribution in [0.4, 0.5) is 10.1 Å². The Kier molecular flexibility index (Phi) is 3.72. The Labute approximate surface area is 173 Å². The fraction of sp³-hybridized carbons (Fsp3) is 0.333. The summed E-state index contributed by atoms with van der Waals surface area (Å²) >= 11 is 0. The van der Waals surface area contributed by atoms with Gasteiger partial charge in [0.25, 0.3) is 0 Å². The molecule has 0 saturated carbocycles. The zero-order valence-electron chi connectivity index (χ0n) is 16.3. The molecule has 2 bridgehead atoms. The van der Waals surface area contributed by atoms with Gasteiger partial charge in [-0.25, -0.2) is 4.39 Å². The van der Waals surface area contributed by atoms with E-state index in [1.54, 1.807) is 17.0 Å². The quantitative estimate of drug-likeness (QED) is 0.724. The van der Waals surface area contributed by atoms with E-state index < -0.39 is 17.4 Å². The van der Waals surface area contributed by atoms with Gasteiger partial charge in [0, 0.05) is 18.8 Å². The Hall–Kier alpha value is -2.99. The van der Waals surface area contributed by atoms with Crippen LogP contribution in [0.1, 0.15) is 11.1 Å². The molecule has 0 radical (unpaired) electrons. The lowest BCUT2D eigenvalue weighted by Crippen LogP contribution is -2.47. The predicted octanol–water partition coefficient (Wildman–Crippen LogP) is 2.70. The molecule has 0 aliphatic carbocycles. The van der Waals surface area contributed by atoms with Crippen molar-refractivity contribution in [3.05, 3.63) is 77.6 Å². The number of fused-ring (bicyclic) bond motifs is 2. The lowest BCUT2D eigenvalue weighted by molar-refractivity contribution is -0.141. The number of ether oxygens (including phenoxy) is 1. The Morgan fingerprint density at radius 1 is 1.10 bits per heavy atom. The number of carbonyl (C=O) groups excluding carboxylic acids is 2. The molecule has 2 aromatic rings. The van der Waals surface area contributed by atoms with Crippen molar-refractivity contribution in [1.29, 1.82) is 0 Å². The second-order valence-corrected chi connectivity index (χ2v) is 8.58. The molecule has 5 nitrogen and oxygen atoms in total. The minimum absolute atomic E-state index is 0.0139. The van der Waals surface area contributed by atoms with Gasteiger partial charge < -0.3 is 14.5 Å². The van der Waals surface area contributed by atoms with E-state index >= 15 is 0 Å². The standard InChI is InChI=1S/C24H21FN2O3/c25-17-5-7-18(8-6-17)27-14-24-11-9-19(30-24)20(21(24)23(27)29)22(28)26-12-10-15-3-1-2-4-16(15)13-26/h1-9,11,19-21H,10,12-14H2/t19-,20+,21+,24-/m0/s1. The van der Waals surface area contributed by atoms with Gasteiger partial charge >= 0.3 is 0 Å². The summed E-state index contributed by atoms with van der Waals surface area (Å²) in [6.45, 7) is 1.57.